The number of fused-ring (bicyclic) bond motifs is 2. The molecular formula is C23H25N5O2. The second-order valence-electron chi connectivity index (χ2n) is 7.83. The minimum absolute atomic E-state index is 0.170. The summed E-state index contributed by atoms with van der Waals surface area (Å²) >= 11 is 0. The number of carbonyl (C=O) groups is 1. The van der Waals surface area contributed by atoms with Gasteiger partial charge in [0.05, 0.1) is 16.4 Å². The SMILES string of the molecule is Cc1nc2ccccc2n1CCNC(=O)c1nn(CC(C)C)c(=O)c2ccccc12. The van der Waals surface area contributed by atoms with Gasteiger partial charge in [-0.2, -0.15) is 5.10 Å². The second-order valence-corrected chi connectivity index (χ2v) is 7.83. The van der Waals surface area contributed by atoms with Crippen LogP contribution in [0.3, 0.4) is 0 Å². The van der Waals surface area contributed by atoms with E-state index < -0.39 is 0 Å². The van der Waals surface area contributed by atoms with E-state index in [4.69, 9.17) is 0 Å². The Morgan fingerprint density at radius 2 is 1.77 bits per heavy atom. The molecule has 0 radical (unpaired) electrons. The Kier molecular flexibility index (Phi) is 5.35. The number of imidazole rings is 1. The standard InChI is InChI=1S/C23H25N5O2/c1-15(2)14-28-23(30)18-9-5-4-8-17(18)21(26-28)22(29)24-12-13-27-16(3)25-19-10-6-7-11-20(19)27/h4-11,15H,12-14H2,1-3H3,(H,24,29). The third-order valence-electron chi connectivity index (χ3n) is 5.09. The van der Waals surface area contributed by atoms with Crippen LogP contribution in [0.4, 0.5) is 0 Å². The second kappa shape index (κ2) is 8.10. The summed E-state index contributed by atoms with van der Waals surface area (Å²) in [4.78, 5) is 30.3. The number of benzene rings is 2. The number of aromatic nitrogens is 4. The maximum absolute atomic E-state index is 13.0. The van der Waals surface area contributed by atoms with Crippen molar-refractivity contribution in [3.8, 4) is 0 Å². The molecule has 154 valence electrons. The lowest BCUT2D eigenvalue weighted by Crippen LogP contribution is -2.33. The topological polar surface area (TPSA) is 81.8 Å². The molecule has 30 heavy (non-hydrogen) atoms. The molecule has 0 aliphatic carbocycles. The summed E-state index contributed by atoms with van der Waals surface area (Å²) in [6.45, 7) is 7.48. The molecule has 2 aromatic carbocycles. The summed E-state index contributed by atoms with van der Waals surface area (Å²) in [5, 5.41) is 8.43. The molecule has 0 aliphatic rings. The van der Waals surface area contributed by atoms with Crippen molar-refractivity contribution in [3.63, 3.8) is 0 Å². The highest BCUT2D eigenvalue weighted by molar-refractivity contribution is 6.04. The van der Waals surface area contributed by atoms with E-state index >= 15 is 0 Å². The van der Waals surface area contributed by atoms with E-state index in [9.17, 15) is 9.59 Å². The highest BCUT2D eigenvalue weighted by atomic mass is 16.2. The van der Waals surface area contributed by atoms with Crippen LogP contribution >= 0.6 is 0 Å². The van der Waals surface area contributed by atoms with Crippen molar-refractivity contribution in [3.05, 3.63) is 70.4 Å². The first kappa shape index (κ1) is 19.8. The summed E-state index contributed by atoms with van der Waals surface area (Å²) in [5.41, 5.74) is 2.09. The van der Waals surface area contributed by atoms with Gasteiger partial charge in [0.25, 0.3) is 11.5 Å². The molecule has 2 aromatic heterocycles. The van der Waals surface area contributed by atoms with Crippen molar-refractivity contribution >= 4 is 27.7 Å². The largest absolute Gasteiger partial charge is 0.349 e. The number of para-hydroxylation sites is 2. The summed E-state index contributed by atoms with van der Waals surface area (Å²) in [7, 11) is 0. The fourth-order valence-corrected chi connectivity index (χ4v) is 3.72. The fraction of sp³-hybridized carbons (Fsp3) is 0.304. The van der Waals surface area contributed by atoms with Gasteiger partial charge >= 0.3 is 0 Å². The van der Waals surface area contributed by atoms with Gasteiger partial charge in [-0.05, 0) is 31.0 Å². The van der Waals surface area contributed by atoms with Crippen LogP contribution in [-0.4, -0.2) is 31.8 Å². The predicted molar refractivity (Wildman–Crippen MR) is 118 cm³/mol. The molecular weight excluding hydrogens is 378 g/mol. The third kappa shape index (κ3) is 3.70. The van der Waals surface area contributed by atoms with E-state index in [1.807, 2.05) is 51.1 Å². The Labute approximate surface area is 174 Å². The highest BCUT2D eigenvalue weighted by Gasteiger charge is 2.17. The molecule has 0 aliphatic heterocycles. The first-order valence-electron chi connectivity index (χ1n) is 10.2. The van der Waals surface area contributed by atoms with Gasteiger partial charge in [0.2, 0.25) is 0 Å². The van der Waals surface area contributed by atoms with Crippen LogP contribution in [0, 0.1) is 12.8 Å². The number of hydrogen-bond acceptors (Lipinski definition) is 4. The van der Waals surface area contributed by atoms with E-state index in [0.29, 0.717) is 30.4 Å². The van der Waals surface area contributed by atoms with E-state index in [2.05, 4.69) is 20.0 Å². The minimum atomic E-state index is -0.286. The van der Waals surface area contributed by atoms with Crippen LogP contribution in [0.2, 0.25) is 0 Å². The minimum Gasteiger partial charge on any atom is -0.349 e. The number of aryl methyl sites for hydroxylation is 1. The van der Waals surface area contributed by atoms with Gasteiger partial charge < -0.3 is 9.88 Å². The Morgan fingerprint density at radius 3 is 2.53 bits per heavy atom. The maximum atomic E-state index is 13.0. The van der Waals surface area contributed by atoms with Gasteiger partial charge in [0.1, 0.15) is 5.82 Å². The quantitative estimate of drug-likeness (QED) is 0.536. The van der Waals surface area contributed by atoms with Crippen molar-refractivity contribution < 1.29 is 4.79 Å². The summed E-state index contributed by atoms with van der Waals surface area (Å²) in [6, 6.07) is 15.1. The molecule has 0 fully saturated rings. The van der Waals surface area contributed by atoms with Gasteiger partial charge in [-0.3, -0.25) is 9.59 Å². The van der Waals surface area contributed by atoms with E-state index in [1.54, 1.807) is 18.2 Å². The summed E-state index contributed by atoms with van der Waals surface area (Å²) in [6.07, 6.45) is 0. The molecule has 0 atom stereocenters. The zero-order valence-electron chi connectivity index (χ0n) is 17.4. The molecule has 7 heteroatoms. The van der Waals surface area contributed by atoms with Crippen LogP contribution in [0.25, 0.3) is 21.8 Å². The van der Waals surface area contributed by atoms with E-state index in [-0.39, 0.29) is 23.1 Å². The molecule has 0 unspecified atom stereocenters. The van der Waals surface area contributed by atoms with E-state index in [0.717, 1.165) is 16.9 Å². The number of hydrogen-bond donors (Lipinski definition) is 1. The number of amides is 1. The van der Waals surface area contributed by atoms with Crippen LogP contribution < -0.4 is 10.9 Å². The lowest BCUT2D eigenvalue weighted by atomic mass is 10.1. The molecule has 0 saturated heterocycles. The van der Waals surface area contributed by atoms with Crippen LogP contribution in [0.1, 0.15) is 30.2 Å². The zero-order chi connectivity index (χ0) is 21.3. The lowest BCUT2D eigenvalue weighted by molar-refractivity contribution is 0.0946. The molecule has 7 nitrogen and oxygen atoms in total. The molecule has 1 amide bonds. The molecule has 1 N–H and O–H groups in total. The van der Waals surface area contributed by atoms with Crippen LogP contribution in [0.15, 0.2) is 53.3 Å². The van der Waals surface area contributed by atoms with Crippen molar-refractivity contribution in [2.75, 3.05) is 6.54 Å². The Bertz CT molecular complexity index is 1290. The first-order chi connectivity index (χ1) is 14.5. The van der Waals surface area contributed by atoms with Crippen molar-refractivity contribution in [1.82, 2.24) is 24.6 Å². The molecule has 0 saturated carbocycles. The van der Waals surface area contributed by atoms with Gasteiger partial charge in [0.15, 0.2) is 5.69 Å². The van der Waals surface area contributed by atoms with Gasteiger partial charge in [-0.15, -0.1) is 0 Å². The Morgan fingerprint density at radius 1 is 1.07 bits per heavy atom. The average Bonchev–Trinajstić information content (AvgIpc) is 3.05. The predicted octanol–water partition coefficient (Wildman–Crippen LogP) is 3.14. The highest BCUT2D eigenvalue weighted by Crippen LogP contribution is 2.16. The van der Waals surface area contributed by atoms with Gasteiger partial charge in [0, 0.05) is 25.0 Å². The average molecular weight is 403 g/mol. The van der Waals surface area contributed by atoms with E-state index in [1.165, 1.54) is 4.68 Å². The first-order valence-corrected chi connectivity index (χ1v) is 10.2. The molecule has 4 aromatic rings. The van der Waals surface area contributed by atoms with Gasteiger partial charge in [-0.25, -0.2) is 9.67 Å². The van der Waals surface area contributed by atoms with Crippen molar-refractivity contribution in [2.45, 2.75) is 33.9 Å². The van der Waals surface area contributed by atoms with Crippen LogP contribution in [0.5, 0.6) is 0 Å². The number of carbonyl (C=O) groups excluding carboxylic acids is 1. The summed E-state index contributed by atoms with van der Waals surface area (Å²) in [5.74, 6) is 0.857. The number of nitrogens with one attached hydrogen (secondary N) is 1. The molecule has 0 spiro atoms. The number of nitrogens with zero attached hydrogens (tertiary/aromatic N) is 4. The molecule has 4 rings (SSSR count). The zero-order valence-corrected chi connectivity index (χ0v) is 17.4. The van der Waals surface area contributed by atoms with Gasteiger partial charge in [-0.1, -0.05) is 44.2 Å². The maximum Gasteiger partial charge on any atom is 0.274 e. The molecule has 0 bridgehead atoms. The summed E-state index contributed by atoms with van der Waals surface area (Å²) < 4.78 is 3.48. The third-order valence-corrected chi connectivity index (χ3v) is 5.09. The molecule has 2 heterocycles. The van der Waals surface area contributed by atoms with Crippen molar-refractivity contribution in [2.24, 2.45) is 5.92 Å². The monoisotopic (exact) mass is 403 g/mol. The van der Waals surface area contributed by atoms with Crippen LogP contribution in [-0.2, 0) is 13.1 Å². The smallest absolute Gasteiger partial charge is 0.274 e. The van der Waals surface area contributed by atoms with Crippen molar-refractivity contribution in [1.29, 1.82) is 0 Å². The number of rotatable bonds is 6. The fourth-order valence-electron chi connectivity index (χ4n) is 3.72. The Hall–Kier alpha value is -3.48. The Balaban J connectivity index is 1.59. The lowest BCUT2D eigenvalue weighted by Gasteiger charge is -2.13. The normalized spacial score (nSPS) is 11.5.